The van der Waals surface area contributed by atoms with E-state index in [2.05, 4.69) is 59.6 Å². The Kier molecular flexibility index (Phi) is 4.58. The first-order chi connectivity index (χ1) is 11.4. The lowest BCUT2D eigenvalue weighted by molar-refractivity contribution is -0.0668. The van der Waals surface area contributed by atoms with Gasteiger partial charge in [0.05, 0.1) is 0 Å². The lowest BCUT2D eigenvalue weighted by Crippen LogP contribution is -2.72. The number of guanidine groups is 1. The van der Waals surface area contributed by atoms with E-state index in [0.29, 0.717) is 12.0 Å². The molecule has 0 aliphatic carbocycles. The van der Waals surface area contributed by atoms with Gasteiger partial charge in [-0.3, -0.25) is 0 Å². The average Bonchev–Trinajstić information content (AvgIpc) is 2.76. The number of fused-ring (bicyclic) bond motifs is 1. The molecule has 0 radical (unpaired) electrons. The van der Waals surface area contributed by atoms with E-state index in [1.165, 1.54) is 19.3 Å². The Morgan fingerprint density at radius 3 is 2.62 bits per heavy atom. The molecule has 6 nitrogen and oxygen atoms in total. The van der Waals surface area contributed by atoms with Crippen LogP contribution in [-0.2, 0) is 19.5 Å². The lowest BCUT2D eigenvalue weighted by atomic mass is 9.65. The summed E-state index contributed by atoms with van der Waals surface area (Å²) in [7, 11) is 0. The Morgan fingerprint density at radius 2 is 1.96 bits per heavy atom. The number of rotatable bonds is 3. The van der Waals surface area contributed by atoms with Crippen LogP contribution in [0.1, 0.15) is 65.5 Å². The van der Waals surface area contributed by atoms with Crippen molar-refractivity contribution in [3.8, 4) is 0 Å². The maximum Gasteiger partial charge on any atom is 0.194 e. The van der Waals surface area contributed by atoms with Gasteiger partial charge in [0.1, 0.15) is 12.4 Å². The first-order valence-electron chi connectivity index (χ1n) is 9.34. The van der Waals surface area contributed by atoms with Crippen LogP contribution in [0.4, 0.5) is 0 Å². The maximum atomic E-state index is 4.89. The molecular formula is C18H32N6. The van der Waals surface area contributed by atoms with Crippen molar-refractivity contribution < 1.29 is 0 Å². The third kappa shape index (κ3) is 2.91. The maximum absolute atomic E-state index is 4.89. The van der Waals surface area contributed by atoms with Crippen LogP contribution in [0, 0.1) is 5.41 Å². The van der Waals surface area contributed by atoms with Crippen molar-refractivity contribution in [3.63, 3.8) is 0 Å². The van der Waals surface area contributed by atoms with Crippen molar-refractivity contribution in [1.29, 1.82) is 0 Å². The van der Waals surface area contributed by atoms with Crippen LogP contribution in [0.5, 0.6) is 0 Å². The van der Waals surface area contributed by atoms with Gasteiger partial charge in [0.25, 0.3) is 0 Å². The summed E-state index contributed by atoms with van der Waals surface area (Å²) in [5.41, 5.74) is 0.408. The fourth-order valence-corrected chi connectivity index (χ4v) is 3.60. The van der Waals surface area contributed by atoms with Gasteiger partial charge in [0.15, 0.2) is 11.8 Å². The molecule has 0 amide bonds. The van der Waals surface area contributed by atoms with E-state index in [0.717, 1.165) is 43.7 Å². The van der Waals surface area contributed by atoms with E-state index in [4.69, 9.17) is 4.99 Å². The molecule has 0 bridgehead atoms. The molecule has 1 fully saturated rings. The summed E-state index contributed by atoms with van der Waals surface area (Å²) in [6, 6.07) is 0. The van der Waals surface area contributed by atoms with Gasteiger partial charge in [-0.05, 0) is 33.6 Å². The second kappa shape index (κ2) is 6.37. The molecular weight excluding hydrogens is 300 g/mol. The predicted octanol–water partition coefficient (Wildman–Crippen LogP) is 2.59. The molecule has 0 spiro atoms. The predicted molar refractivity (Wildman–Crippen MR) is 97.0 cm³/mol. The van der Waals surface area contributed by atoms with Crippen LogP contribution >= 0.6 is 0 Å². The molecule has 0 saturated carbocycles. The molecule has 0 unspecified atom stereocenters. The third-order valence-corrected chi connectivity index (χ3v) is 6.03. The summed E-state index contributed by atoms with van der Waals surface area (Å²) < 4.78 is 2.28. The van der Waals surface area contributed by atoms with Gasteiger partial charge >= 0.3 is 0 Å². The number of aliphatic imine (C=N–C) groups is 1. The number of hydrogen-bond donors (Lipinski definition) is 1. The second-order valence-corrected chi connectivity index (χ2v) is 8.19. The number of nitrogens with zero attached hydrogens (tertiary/aromatic N) is 5. The van der Waals surface area contributed by atoms with Crippen molar-refractivity contribution >= 4 is 5.96 Å². The van der Waals surface area contributed by atoms with Crippen LogP contribution in [0.15, 0.2) is 4.99 Å². The zero-order valence-electron chi connectivity index (χ0n) is 15.9. The van der Waals surface area contributed by atoms with E-state index < -0.39 is 0 Å². The van der Waals surface area contributed by atoms with Crippen molar-refractivity contribution in [3.05, 3.63) is 11.6 Å². The highest BCUT2D eigenvalue weighted by Crippen LogP contribution is 2.46. The Labute approximate surface area is 145 Å². The minimum Gasteiger partial charge on any atom is -0.356 e. The summed E-state index contributed by atoms with van der Waals surface area (Å²) in [5.74, 6) is 3.13. The Morgan fingerprint density at radius 1 is 1.17 bits per heavy atom. The molecule has 3 rings (SSSR count). The van der Waals surface area contributed by atoms with Gasteiger partial charge in [0, 0.05) is 37.0 Å². The monoisotopic (exact) mass is 332 g/mol. The highest BCUT2D eigenvalue weighted by atomic mass is 15.4. The number of nitrogens with one attached hydrogen (secondary N) is 1. The van der Waals surface area contributed by atoms with Crippen molar-refractivity contribution in [2.24, 2.45) is 10.4 Å². The molecule has 2 aliphatic heterocycles. The van der Waals surface area contributed by atoms with Crippen LogP contribution in [0.25, 0.3) is 0 Å². The fourth-order valence-electron chi connectivity index (χ4n) is 3.60. The van der Waals surface area contributed by atoms with Gasteiger partial charge < -0.3 is 14.8 Å². The molecule has 1 saturated heterocycles. The molecule has 24 heavy (non-hydrogen) atoms. The second-order valence-electron chi connectivity index (χ2n) is 8.19. The number of likely N-dealkylation sites (tertiary alicyclic amines) is 1. The number of aryl methyl sites for hydroxylation is 1. The molecule has 1 N–H and O–H groups in total. The van der Waals surface area contributed by atoms with Gasteiger partial charge in [-0.2, -0.15) is 0 Å². The quantitative estimate of drug-likeness (QED) is 0.683. The zero-order chi connectivity index (χ0) is 17.4. The summed E-state index contributed by atoms with van der Waals surface area (Å²) >= 11 is 0. The highest BCUT2D eigenvalue weighted by molar-refractivity contribution is 5.82. The van der Waals surface area contributed by atoms with Crippen molar-refractivity contribution in [2.75, 3.05) is 13.1 Å². The van der Waals surface area contributed by atoms with E-state index in [1.54, 1.807) is 0 Å². The Balaban J connectivity index is 1.77. The largest absolute Gasteiger partial charge is 0.356 e. The molecule has 0 aromatic carbocycles. The first kappa shape index (κ1) is 17.2. The highest BCUT2D eigenvalue weighted by Gasteiger charge is 2.53. The van der Waals surface area contributed by atoms with E-state index >= 15 is 0 Å². The van der Waals surface area contributed by atoms with Gasteiger partial charge in [-0.25, -0.2) is 4.99 Å². The van der Waals surface area contributed by atoms with Gasteiger partial charge in [0.2, 0.25) is 0 Å². The summed E-state index contributed by atoms with van der Waals surface area (Å²) in [5, 5.41) is 12.2. The smallest absolute Gasteiger partial charge is 0.194 e. The van der Waals surface area contributed by atoms with E-state index in [-0.39, 0.29) is 5.54 Å². The summed E-state index contributed by atoms with van der Waals surface area (Å²) in [4.78, 5) is 7.27. The lowest BCUT2D eigenvalue weighted by Gasteiger charge is -2.62. The van der Waals surface area contributed by atoms with Gasteiger partial charge in [-0.1, -0.05) is 20.3 Å². The fraction of sp³-hybridized carbons (Fsp3) is 0.833. The van der Waals surface area contributed by atoms with Crippen LogP contribution in [0.3, 0.4) is 0 Å². The normalized spacial score (nSPS) is 22.5. The van der Waals surface area contributed by atoms with E-state index in [1.807, 2.05) is 0 Å². The topological polar surface area (TPSA) is 58.3 Å². The van der Waals surface area contributed by atoms with Crippen molar-refractivity contribution in [1.82, 2.24) is 25.0 Å². The van der Waals surface area contributed by atoms with Gasteiger partial charge in [-0.15, -0.1) is 10.2 Å². The SMILES string of the molecule is CCNC(=NCc1nnc2n1CCCCC2)N1CC(C)(C)C1(C)C. The van der Waals surface area contributed by atoms with Crippen LogP contribution < -0.4 is 5.32 Å². The standard InChI is InChI=1S/C18H32N6/c1-6-19-16(24-13-17(2,3)18(24,4)5)20-12-15-22-21-14-10-8-7-9-11-23(14)15/h6-13H2,1-5H3,(H,19,20). The molecule has 3 heterocycles. The average molecular weight is 332 g/mol. The molecule has 1 aromatic heterocycles. The number of aromatic nitrogens is 3. The molecule has 134 valence electrons. The first-order valence-corrected chi connectivity index (χ1v) is 9.34. The summed E-state index contributed by atoms with van der Waals surface area (Å²) in [6.07, 6.45) is 4.77. The molecule has 2 aliphatic rings. The minimum atomic E-state index is 0.107. The van der Waals surface area contributed by atoms with Crippen molar-refractivity contribution in [2.45, 2.75) is 78.9 Å². The Hall–Kier alpha value is -1.59. The Bertz CT molecular complexity index is 613. The molecule has 6 heteroatoms. The van der Waals surface area contributed by atoms with Crippen LogP contribution in [0.2, 0.25) is 0 Å². The minimum absolute atomic E-state index is 0.107. The molecule has 0 atom stereocenters. The zero-order valence-corrected chi connectivity index (χ0v) is 15.9. The van der Waals surface area contributed by atoms with E-state index in [9.17, 15) is 0 Å². The summed E-state index contributed by atoms with van der Waals surface area (Å²) in [6.45, 7) is 14.9. The third-order valence-electron chi connectivity index (χ3n) is 6.03. The van der Waals surface area contributed by atoms with Crippen LogP contribution in [-0.4, -0.2) is 44.3 Å². The number of hydrogen-bond acceptors (Lipinski definition) is 3. The molecule has 1 aromatic rings.